The van der Waals surface area contributed by atoms with Gasteiger partial charge in [-0.25, -0.2) is 0 Å². The Bertz CT molecular complexity index is 636. The summed E-state index contributed by atoms with van der Waals surface area (Å²) in [6.45, 7) is 8.90. The van der Waals surface area contributed by atoms with E-state index >= 15 is 0 Å². The molecule has 1 amide bonds. The van der Waals surface area contributed by atoms with Crippen LogP contribution in [-0.4, -0.2) is 30.5 Å². The fourth-order valence-corrected chi connectivity index (χ4v) is 2.83. The Hall–Kier alpha value is -2.36. The van der Waals surface area contributed by atoms with Crippen LogP contribution in [0.1, 0.15) is 44.0 Å². The van der Waals surface area contributed by atoms with E-state index in [2.05, 4.69) is 23.7 Å². The monoisotopic (exact) mass is 325 g/mol. The van der Waals surface area contributed by atoms with Crippen LogP contribution in [0.5, 0.6) is 0 Å². The topological polar surface area (TPSA) is 36.4 Å². The van der Waals surface area contributed by atoms with Crippen LogP contribution in [-0.2, 0) is 0 Å². The molecule has 1 heterocycles. The van der Waals surface area contributed by atoms with Gasteiger partial charge >= 0.3 is 0 Å². The van der Waals surface area contributed by atoms with Crippen molar-refractivity contribution in [3.8, 4) is 0 Å². The summed E-state index contributed by atoms with van der Waals surface area (Å²) in [5, 5.41) is 0. The normalized spacial score (nSPS) is 10.5. The average molecular weight is 325 g/mol. The summed E-state index contributed by atoms with van der Waals surface area (Å²) < 4.78 is 0. The standard InChI is InChI=1S/C20H27N3O/c1-4-12-22(13-5-2)19-14-17(15-21-16-19)20(24)23(6-3)18-10-8-7-9-11-18/h7-11,14-16H,4-6,12-13H2,1-3H3. The van der Waals surface area contributed by atoms with Gasteiger partial charge in [0, 0.05) is 31.5 Å². The molecule has 0 aliphatic carbocycles. The molecule has 0 N–H and O–H groups in total. The molecule has 24 heavy (non-hydrogen) atoms. The van der Waals surface area contributed by atoms with Crippen molar-refractivity contribution in [3.05, 3.63) is 54.4 Å². The lowest BCUT2D eigenvalue weighted by Gasteiger charge is -2.25. The first-order valence-electron chi connectivity index (χ1n) is 8.78. The minimum atomic E-state index is -0.00834. The third-order valence-corrected chi connectivity index (χ3v) is 3.95. The van der Waals surface area contributed by atoms with Crippen molar-refractivity contribution in [2.24, 2.45) is 0 Å². The van der Waals surface area contributed by atoms with Crippen LogP contribution in [0.25, 0.3) is 0 Å². The van der Waals surface area contributed by atoms with Crippen LogP contribution in [0.4, 0.5) is 11.4 Å². The van der Waals surface area contributed by atoms with Crippen molar-refractivity contribution in [2.45, 2.75) is 33.6 Å². The number of anilines is 2. The number of hydrogen-bond acceptors (Lipinski definition) is 3. The van der Waals surface area contributed by atoms with Gasteiger partial charge in [0.15, 0.2) is 0 Å². The second kappa shape index (κ2) is 9.06. The molecule has 2 rings (SSSR count). The lowest BCUT2D eigenvalue weighted by Crippen LogP contribution is -2.31. The Labute approximate surface area is 145 Å². The summed E-state index contributed by atoms with van der Waals surface area (Å²) >= 11 is 0. The minimum Gasteiger partial charge on any atom is -0.370 e. The maximum atomic E-state index is 12.9. The van der Waals surface area contributed by atoms with E-state index < -0.39 is 0 Å². The molecule has 2 aromatic rings. The number of hydrogen-bond donors (Lipinski definition) is 0. The summed E-state index contributed by atoms with van der Waals surface area (Å²) in [7, 11) is 0. The largest absolute Gasteiger partial charge is 0.370 e. The van der Waals surface area contributed by atoms with Crippen molar-refractivity contribution < 1.29 is 4.79 Å². The first-order valence-corrected chi connectivity index (χ1v) is 8.78. The molecular formula is C20H27N3O. The molecule has 0 fully saturated rings. The SMILES string of the molecule is CCCN(CCC)c1cncc(C(=O)N(CC)c2ccccc2)c1. The second-order valence-electron chi connectivity index (χ2n) is 5.80. The molecule has 128 valence electrons. The lowest BCUT2D eigenvalue weighted by molar-refractivity contribution is 0.0988. The van der Waals surface area contributed by atoms with E-state index in [1.165, 1.54) is 0 Å². The maximum Gasteiger partial charge on any atom is 0.259 e. The van der Waals surface area contributed by atoms with Crippen molar-refractivity contribution >= 4 is 17.3 Å². The van der Waals surface area contributed by atoms with Gasteiger partial charge in [-0.15, -0.1) is 0 Å². The highest BCUT2D eigenvalue weighted by Crippen LogP contribution is 2.20. The molecule has 0 spiro atoms. The van der Waals surface area contributed by atoms with Crippen LogP contribution >= 0.6 is 0 Å². The highest BCUT2D eigenvalue weighted by Gasteiger charge is 2.17. The number of rotatable bonds is 8. The molecule has 4 heteroatoms. The van der Waals surface area contributed by atoms with E-state index in [9.17, 15) is 4.79 Å². The van der Waals surface area contributed by atoms with Crippen molar-refractivity contribution in [1.82, 2.24) is 4.98 Å². The van der Waals surface area contributed by atoms with Gasteiger partial charge in [0.2, 0.25) is 0 Å². The van der Waals surface area contributed by atoms with Crippen LogP contribution in [0.3, 0.4) is 0 Å². The number of carbonyl (C=O) groups is 1. The Morgan fingerprint density at radius 3 is 2.21 bits per heavy atom. The van der Waals surface area contributed by atoms with Crippen LogP contribution in [0.2, 0.25) is 0 Å². The minimum absolute atomic E-state index is 0.00834. The van der Waals surface area contributed by atoms with Crippen LogP contribution < -0.4 is 9.80 Å². The van der Waals surface area contributed by atoms with Gasteiger partial charge in [-0.2, -0.15) is 0 Å². The van der Waals surface area contributed by atoms with Crippen molar-refractivity contribution in [1.29, 1.82) is 0 Å². The van der Waals surface area contributed by atoms with E-state index in [0.29, 0.717) is 12.1 Å². The van der Waals surface area contributed by atoms with E-state index in [4.69, 9.17) is 0 Å². The smallest absolute Gasteiger partial charge is 0.259 e. The summed E-state index contributed by atoms with van der Waals surface area (Å²) in [6, 6.07) is 11.7. The van der Waals surface area contributed by atoms with Gasteiger partial charge < -0.3 is 9.80 Å². The second-order valence-corrected chi connectivity index (χ2v) is 5.80. The summed E-state index contributed by atoms with van der Waals surface area (Å²) in [5.41, 5.74) is 2.57. The molecule has 0 atom stereocenters. The number of carbonyl (C=O) groups excluding carboxylic acids is 1. The molecule has 0 aliphatic rings. The molecule has 0 bridgehead atoms. The Kier molecular flexibility index (Phi) is 6.79. The highest BCUT2D eigenvalue weighted by atomic mass is 16.2. The fraction of sp³-hybridized carbons (Fsp3) is 0.400. The zero-order valence-corrected chi connectivity index (χ0v) is 14.9. The van der Waals surface area contributed by atoms with Gasteiger partial charge in [-0.3, -0.25) is 9.78 Å². The molecule has 0 radical (unpaired) electrons. The lowest BCUT2D eigenvalue weighted by atomic mass is 10.2. The van der Waals surface area contributed by atoms with Gasteiger partial charge in [0.1, 0.15) is 0 Å². The molecule has 1 aromatic heterocycles. The van der Waals surface area contributed by atoms with Crippen molar-refractivity contribution in [3.63, 3.8) is 0 Å². The van der Waals surface area contributed by atoms with Crippen LogP contribution in [0.15, 0.2) is 48.8 Å². The number of nitrogens with zero attached hydrogens (tertiary/aromatic N) is 3. The molecule has 0 saturated heterocycles. The quantitative estimate of drug-likeness (QED) is 0.723. The number of aromatic nitrogens is 1. The highest BCUT2D eigenvalue weighted by molar-refractivity contribution is 6.06. The van der Waals surface area contributed by atoms with E-state index in [1.54, 1.807) is 11.1 Å². The first-order chi connectivity index (χ1) is 11.7. The zero-order valence-electron chi connectivity index (χ0n) is 14.9. The van der Waals surface area contributed by atoms with E-state index in [1.807, 2.05) is 49.5 Å². The van der Waals surface area contributed by atoms with E-state index in [-0.39, 0.29) is 5.91 Å². The summed E-state index contributed by atoms with van der Waals surface area (Å²) in [6.07, 6.45) is 5.65. The number of amides is 1. The third-order valence-electron chi connectivity index (χ3n) is 3.95. The third kappa shape index (κ3) is 4.34. The Morgan fingerprint density at radius 1 is 0.958 bits per heavy atom. The fourth-order valence-electron chi connectivity index (χ4n) is 2.83. The average Bonchev–Trinajstić information content (AvgIpc) is 2.63. The van der Waals surface area contributed by atoms with Gasteiger partial charge in [-0.05, 0) is 38.0 Å². The summed E-state index contributed by atoms with van der Waals surface area (Å²) in [5.74, 6) is -0.00834. The maximum absolute atomic E-state index is 12.9. The molecule has 4 nitrogen and oxygen atoms in total. The van der Waals surface area contributed by atoms with Gasteiger partial charge in [-0.1, -0.05) is 32.0 Å². The van der Waals surface area contributed by atoms with Crippen LogP contribution in [0, 0.1) is 0 Å². The van der Waals surface area contributed by atoms with Gasteiger partial charge in [0.25, 0.3) is 5.91 Å². The predicted molar refractivity (Wildman–Crippen MR) is 101 cm³/mol. The first kappa shape index (κ1) is 18.0. The zero-order chi connectivity index (χ0) is 17.4. The number of pyridine rings is 1. The Morgan fingerprint density at radius 2 is 1.62 bits per heavy atom. The van der Waals surface area contributed by atoms with E-state index in [0.717, 1.165) is 37.3 Å². The van der Waals surface area contributed by atoms with Crippen molar-refractivity contribution in [2.75, 3.05) is 29.4 Å². The molecule has 1 aromatic carbocycles. The number of benzene rings is 1. The Balaban J connectivity index is 2.27. The molecule has 0 saturated carbocycles. The predicted octanol–water partition coefficient (Wildman–Crippen LogP) is 4.37. The van der Waals surface area contributed by atoms with Gasteiger partial charge in [0.05, 0.1) is 17.4 Å². The molecular weight excluding hydrogens is 298 g/mol. The number of para-hydroxylation sites is 1. The summed E-state index contributed by atoms with van der Waals surface area (Å²) in [4.78, 5) is 21.3. The molecule has 0 aliphatic heterocycles. The molecule has 0 unspecified atom stereocenters.